The molecule has 6 heteroatoms. The number of ether oxygens (including phenoxy) is 3. The second-order valence-corrected chi connectivity index (χ2v) is 10.1. The summed E-state index contributed by atoms with van der Waals surface area (Å²) in [6.07, 6.45) is 2.01. The van der Waals surface area contributed by atoms with Gasteiger partial charge in [0.2, 0.25) is 0 Å². The van der Waals surface area contributed by atoms with Crippen LogP contribution in [0, 0.1) is 5.41 Å². The Kier molecular flexibility index (Phi) is 7.82. The van der Waals surface area contributed by atoms with E-state index in [0.29, 0.717) is 41.4 Å². The van der Waals surface area contributed by atoms with Gasteiger partial charge in [-0.1, -0.05) is 57.2 Å². The molecule has 0 saturated carbocycles. The van der Waals surface area contributed by atoms with E-state index >= 15 is 0 Å². The second-order valence-electron chi connectivity index (χ2n) is 10.1. The molecule has 2 aliphatic rings. The number of para-hydroxylation sites is 2. The fourth-order valence-electron chi connectivity index (χ4n) is 4.97. The van der Waals surface area contributed by atoms with E-state index in [1.165, 1.54) is 0 Å². The molecule has 2 aromatic rings. The molecule has 6 nitrogen and oxygen atoms in total. The summed E-state index contributed by atoms with van der Waals surface area (Å²) in [6.45, 7) is 8.99. The van der Waals surface area contributed by atoms with Crippen molar-refractivity contribution in [2.45, 2.75) is 52.9 Å². The van der Waals surface area contributed by atoms with Crippen LogP contribution in [0.4, 0.5) is 0 Å². The minimum Gasteiger partial charge on any atom is -0.493 e. The summed E-state index contributed by atoms with van der Waals surface area (Å²) < 4.78 is 17.4. The van der Waals surface area contributed by atoms with Crippen LogP contribution in [0.15, 0.2) is 77.1 Å². The van der Waals surface area contributed by atoms with Crippen LogP contribution in [0.1, 0.15) is 58.4 Å². The molecule has 1 aliphatic heterocycles. The van der Waals surface area contributed by atoms with Gasteiger partial charge in [0.1, 0.15) is 24.7 Å². The molecule has 0 spiro atoms. The van der Waals surface area contributed by atoms with Crippen LogP contribution in [0.3, 0.4) is 0 Å². The van der Waals surface area contributed by atoms with Crippen molar-refractivity contribution in [2.24, 2.45) is 5.41 Å². The number of benzene rings is 2. The van der Waals surface area contributed by atoms with Crippen LogP contribution >= 0.6 is 0 Å². The molecule has 4 rings (SSSR count). The van der Waals surface area contributed by atoms with Gasteiger partial charge in [0.25, 0.3) is 0 Å². The van der Waals surface area contributed by atoms with Crippen LogP contribution in [0.25, 0.3) is 0 Å². The first-order chi connectivity index (χ1) is 17.3. The fourth-order valence-corrected chi connectivity index (χ4v) is 4.97. The molecule has 0 unspecified atom stereocenters. The highest BCUT2D eigenvalue weighted by atomic mass is 16.6. The summed E-state index contributed by atoms with van der Waals surface area (Å²) in [5.41, 5.74) is 3.31. The molecule has 0 amide bonds. The summed E-state index contributed by atoms with van der Waals surface area (Å²) in [5.74, 6) is 0.431. The van der Waals surface area contributed by atoms with Crippen LogP contribution < -0.4 is 14.8 Å². The van der Waals surface area contributed by atoms with E-state index in [9.17, 15) is 9.59 Å². The zero-order valence-corrected chi connectivity index (χ0v) is 21.6. The van der Waals surface area contributed by atoms with E-state index in [1.807, 2.05) is 68.4 Å². The molecular weight excluding hydrogens is 454 g/mol. The van der Waals surface area contributed by atoms with Crippen molar-refractivity contribution in [1.29, 1.82) is 0 Å². The SMILES string of the molecule is CCCOc1ccccc1[C@@H]1C(C(=O)OCCOc2ccccc2)=C(C)NC2=C1C(=O)CC(C)(C)C2. The van der Waals surface area contributed by atoms with Crippen LogP contribution in [0.2, 0.25) is 0 Å². The van der Waals surface area contributed by atoms with Gasteiger partial charge < -0.3 is 19.5 Å². The molecule has 2 aromatic carbocycles. The lowest BCUT2D eigenvalue weighted by Crippen LogP contribution is -2.39. The van der Waals surface area contributed by atoms with Gasteiger partial charge in [0, 0.05) is 29.0 Å². The highest BCUT2D eigenvalue weighted by Crippen LogP contribution is 2.48. The van der Waals surface area contributed by atoms with Crippen molar-refractivity contribution >= 4 is 11.8 Å². The lowest BCUT2D eigenvalue weighted by Gasteiger charge is -2.39. The normalized spacial score (nSPS) is 18.9. The third kappa shape index (κ3) is 5.64. The largest absolute Gasteiger partial charge is 0.493 e. The maximum absolute atomic E-state index is 13.5. The Morgan fingerprint density at radius 1 is 0.972 bits per heavy atom. The number of ketones is 1. The number of hydrogen-bond donors (Lipinski definition) is 1. The molecule has 0 aromatic heterocycles. The predicted molar refractivity (Wildman–Crippen MR) is 139 cm³/mol. The monoisotopic (exact) mass is 489 g/mol. The third-order valence-corrected chi connectivity index (χ3v) is 6.48. The third-order valence-electron chi connectivity index (χ3n) is 6.48. The molecule has 1 aliphatic carbocycles. The minimum absolute atomic E-state index is 0.0502. The number of carbonyl (C=O) groups is 2. The molecule has 0 saturated heterocycles. The molecular formula is C30H35NO5. The van der Waals surface area contributed by atoms with Gasteiger partial charge >= 0.3 is 5.97 Å². The molecule has 36 heavy (non-hydrogen) atoms. The van der Waals surface area contributed by atoms with E-state index < -0.39 is 11.9 Å². The summed E-state index contributed by atoms with van der Waals surface area (Å²) in [4.78, 5) is 27.0. The number of Topliss-reactive ketones (excluding diaryl/α,β-unsaturated/α-hetero) is 1. The number of esters is 1. The van der Waals surface area contributed by atoms with Crippen molar-refractivity contribution in [1.82, 2.24) is 5.32 Å². The Morgan fingerprint density at radius 3 is 2.44 bits per heavy atom. The van der Waals surface area contributed by atoms with Gasteiger partial charge in [-0.2, -0.15) is 0 Å². The fraction of sp³-hybridized carbons (Fsp3) is 0.400. The Bertz CT molecular complexity index is 1180. The average Bonchev–Trinajstić information content (AvgIpc) is 2.84. The number of hydrogen-bond acceptors (Lipinski definition) is 6. The maximum atomic E-state index is 13.5. The van der Waals surface area contributed by atoms with E-state index in [0.717, 1.165) is 24.1 Å². The lowest BCUT2D eigenvalue weighted by atomic mass is 9.68. The van der Waals surface area contributed by atoms with Gasteiger partial charge in [-0.25, -0.2) is 4.79 Å². The standard InChI is InChI=1S/C30H35NO5/c1-5-15-35-25-14-10-9-13-22(25)27-26(29(33)36-17-16-34-21-11-7-6-8-12-21)20(2)31-23-18-30(3,4)19-24(32)28(23)27/h6-14,27,31H,5,15-19H2,1-4H3/t27-/m1/s1. The van der Waals surface area contributed by atoms with Gasteiger partial charge in [-0.05, 0) is 43.4 Å². The Balaban J connectivity index is 1.65. The zero-order valence-electron chi connectivity index (χ0n) is 21.6. The summed E-state index contributed by atoms with van der Waals surface area (Å²) >= 11 is 0. The van der Waals surface area contributed by atoms with Gasteiger partial charge in [-0.3, -0.25) is 4.79 Å². The molecule has 0 fully saturated rings. The number of carbonyl (C=O) groups excluding carboxylic acids is 2. The molecule has 1 atom stereocenters. The van der Waals surface area contributed by atoms with Crippen molar-refractivity contribution in [3.05, 3.63) is 82.7 Å². The first-order valence-electron chi connectivity index (χ1n) is 12.6. The molecule has 0 bridgehead atoms. The maximum Gasteiger partial charge on any atom is 0.336 e. The number of allylic oxidation sites excluding steroid dienone is 3. The molecule has 1 N–H and O–H groups in total. The summed E-state index contributed by atoms with van der Waals surface area (Å²) in [5, 5.41) is 3.38. The van der Waals surface area contributed by atoms with E-state index in [4.69, 9.17) is 14.2 Å². The van der Waals surface area contributed by atoms with Crippen molar-refractivity contribution in [3.63, 3.8) is 0 Å². The van der Waals surface area contributed by atoms with E-state index in [1.54, 1.807) is 0 Å². The Hall–Kier alpha value is -3.54. The highest BCUT2D eigenvalue weighted by molar-refractivity contribution is 6.04. The lowest BCUT2D eigenvalue weighted by molar-refractivity contribution is -0.140. The Labute approximate surface area is 213 Å². The first kappa shape index (κ1) is 25.5. The zero-order chi connectivity index (χ0) is 25.7. The molecule has 1 heterocycles. The van der Waals surface area contributed by atoms with Crippen molar-refractivity contribution < 1.29 is 23.8 Å². The topological polar surface area (TPSA) is 73.9 Å². The number of rotatable bonds is 9. The second kappa shape index (κ2) is 11.0. The van der Waals surface area contributed by atoms with Gasteiger partial charge in [-0.15, -0.1) is 0 Å². The predicted octanol–water partition coefficient (Wildman–Crippen LogP) is 5.70. The van der Waals surface area contributed by atoms with Crippen LogP contribution in [-0.4, -0.2) is 31.6 Å². The Morgan fingerprint density at radius 2 is 1.69 bits per heavy atom. The van der Waals surface area contributed by atoms with Crippen molar-refractivity contribution in [2.75, 3.05) is 19.8 Å². The smallest absolute Gasteiger partial charge is 0.336 e. The summed E-state index contributed by atoms with van der Waals surface area (Å²) in [7, 11) is 0. The van der Waals surface area contributed by atoms with Crippen molar-refractivity contribution in [3.8, 4) is 11.5 Å². The van der Waals surface area contributed by atoms with E-state index in [2.05, 4.69) is 19.2 Å². The number of dihydropyridines is 1. The molecule has 0 radical (unpaired) electrons. The summed E-state index contributed by atoms with van der Waals surface area (Å²) in [6, 6.07) is 17.1. The number of nitrogens with one attached hydrogen (secondary N) is 1. The van der Waals surface area contributed by atoms with Gasteiger partial charge in [0.05, 0.1) is 18.1 Å². The van der Waals surface area contributed by atoms with E-state index in [-0.39, 0.29) is 24.4 Å². The quantitative estimate of drug-likeness (QED) is 0.360. The highest BCUT2D eigenvalue weighted by Gasteiger charge is 2.44. The first-order valence-corrected chi connectivity index (χ1v) is 12.6. The van der Waals surface area contributed by atoms with Gasteiger partial charge in [0.15, 0.2) is 5.78 Å². The van der Waals surface area contributed by atoms with Crippen LogP contribution in [0.5, 0.6) is 11.5 Å². The average molecular weight is 490 g/mol. The molecule has 190 valence electrons. The minimum atomic E-state index is -0.555. The van der Waals surface area contributed by atoms with Crippen LogP contribution in [-0.2, 0) is 14.3 Å².